The van der Waals surface area contributed by atoms with Crippen LogP contribution in [0.4, 0.5) is 0 Å². The van der Waals surface area contributed by atoms with Crippen LogP contribution >= 0.6 is 11.6 Å². The second-order valence-electron chi connectivity index (χ2n) is 2.24. The third-order valence-electron chi connectivity index (χ3n) is 1.36. The van der Waals surface area contributed by atoms with Gasteiger partial charge in [-0.1, -0.05) is 11.6 Å². The fourth-order valence-electron chi connectivity index (χ4n) is 0.698. The summed E-state index contributed by atoms with van der Waals surface area (Å²) in [5.41, 5.74) is 0. The van der Waals surface area contributed by atoms with Gasteiger partial charge in [-0.2, -0.15) is 0 Å². The van der Waals surface area contributed by atoms with Gasteiger partial charge in [-0.25, -0.2) is 9.59 Å². The number of carbonyl (C=O) groups excluding carboxylic acids is 2. The van der Waals surface area contributed by atoms with Gasteiger partial charge < -0.3 is 14.2 Å². The summed E-state index contributed by atoms with van der Waals surface area (Å²) in [7, 11) is 1.13. The molecule has 0 amide bonds. The van der Waals surface area contributed by atoms with E-state index in [1.54, 1.807) is 13.8 Å². The van der Waals surface area contributed by atoms with E-state index in [0.717, 1.165) is 7.11 Å². The lowest BCUT2D eigenvalue weighted by Gasteiger charge is -2.20. The first-order chi connectivity index (χ1) is 6.52. The van der Waals surface area contributed by atoms with Crippen LogP contribution < -0.4 is 0 Å². The molecule has 0 fully saturated rings. The lowest BCUT2D eigenvalue weighted by molar-refractivity contribution is -0.176. The van der Waals surface area contributed by atoms with E-state index in [9.17, 15) is 9.59 Å². The molecule has 14 heavy (non-hydrogen) atoms. The molecule has 0 aromatic carbocycles. The maximum absolute atomic E-state index is 11.2. The lowest BCUT2D eigenvalue weighted by Crippen LogP contribution is -2.45. The maximum atomic E-state index is 11.2. The number of carbonyl (C=O) groups is 2. The molecule has 0 saturated carbocycles. The van der Waals surface area contributed by atoms with E-state index in [1.807, 2.05) is 0 Å². The number of rotatable bonds is 5. The molecule has 5 nitrogen and oxygen atoms in total. The molecule has 0 aliphatic rings. The maximum Gasteiger partial charge on any atom is 0.366 e. The first-order valence-corrected chi connectivity index (χ1v) is 4.49. The van der Waals surface area contributed by atoms with E-state index in [-0.39, 0.29) is 13.2 Å². The zero-order valence-electron chi connectivity index (χ0n) is 8.33. The van der Waals surface area contributed by atoms with Crippen LogP contribution in [0.3, 0.4) is 0 Å². The standard InChI is InChI=1S/C8H13ClO5/c1-4-13-6(10)8(9,12-3)7(11)14-5-2/h4-5H2,1-3H3. The van der Waals surface area contributed by atoms with Gasteiger partial charge in [0.15, 0.2) is 0 Å². The number of alkyl halides is 1. The Morgan fingerprint density at radius 2 is 1.50 bits per heavy atom. The number of methoxy groups -OCH3 is 1. The van der Waals surface area contributed by atoms with Crippen molar-refractivity contribution in [3.8, 4) is 0 Å². The number of hydrogen-bond donors (Lipinski definition) is 0. The van der Waals surface area contributed by atoms with Crippen LogP contribution in [0.5, 0.6) is 0 Å². The Morgan fingerprint density at radius 3 is 1.71 bits per heavy atom. The van der Waals surface area contributed by atoms with Crippen molar-refractivity contribution in [1.82, 2.24) is 0 Å². The molecule has 0 unspecified atom stereocenters. The largest absolute Gasteiger partial charge is 0.462 e. The van der Waals surface area contributed by atoms with Gasteiger partial charge in [-0.15, -0.1) is 0 Å². The van der Waals surface area contributed by atoms with E-state index in [1.165, 1.54) is 0 Å². The van der Waals surface area contributed by atoms with Crippen molar-refractivity contribution in [2.45, 2.75) is 18.9 Å². The third kappa shape index (κ3) is 2.85. The van der Waals surface area contributed by atoms with E-state index < -0.39 is 17.0 Å². The van der Waals surface area contributed by atoms with E-state index in [0.29, 0.717) is 0 Å². The second kappa shape index (κ2) is 5.82. The summed E-state index contributed by atoms with van der Waals surface area (Å²) in [6.45, 7) is 3.40. The van der Waals surface area contributed by atoms with Crippen LogP contribution in [0.1, 0.15) is 13.8 Å². The van der Waals surface area contributed by atoms with Gasteiger partial charge in [-0.05, 0) is 13.8 Å². The molecule has 0 rings (SSSR count). The van der Waals surface area contributed by atoms with Crippen molar-refractivity contribution in [1.29, 1.82) is 0 Å². The molecule has 0 bridgehead atoms. The molecule has 0 aliphatic carbocycles. The molecule has 0 aliphatic heterocycles. The van der Waals surface area contributed by atoms with Crippen molar-refractivity contribution in [3.05, 3.63) is 0 Å². The predicted molar refractivity (Wildman–Crippen MR) is 48.9 cm³/mol. The van der Waals surface area contributed by atoms with Gasteiger partial charge in [0, 0.05) is 7.11 Å². The monoisotopic (exact) mass is 224 g/mol. The number of esters is 2. The van der Waals surface area contributed by atoms with Crippen LogP contribution in [0.2, 0.25) is 0 Å². The summed E-state index contributed by atoms with van der Waals surface area (Å²) in [6.07, 6.45) is 0. The van der Waals surface area contributed by atoms with Gasteiger partial charge >= 0.3 is 17.0 Å². The number of halogens is 1. The third-order valence-corrected chi connectivity index (χ3v) is 1.82. The fourth-order valence-corrected chi connectivity index (χ4v) is 0.807. The topological polar surface area (TPSA) is 61.8 Å². The average molecular weight is 225 g/mol. The first-order valence-electron chi connectivity index (χ1n) is 4.11. The Balaban J connectivity index is 4.60. The summed E-state index contributed by atoms with van der Waals surface area (Å²) in [5, 5.41) is -2.19. The fraction of sp³-hybridized carbons (Fsp3) is 0.750. The highest BCUT2D eigenvalue weighted by Gasteiger charge is 2.48. The molecule has 0 N–H and O–H groups in total. The zero-order valence-corrected chi connectivity index (χ0v) is 9.09. The molecule has 0 radical (unpaired) electrons. The van der Waals surface area contributed by atoms with Gasteiger partial charge in [0.25, 0.3) is 0 Å². The predicted octanol–water partition coefficient (Wildman–Crippen LogP) is 0.694. The summed E-state index contributed by atoms with van der Waals surface area (Å²) in [5.74, 6) is -1.94. The molecule has 0 aromatic heterocycles. The molecule has 0 atom stereocenters. The van der Waals surface area contributed by atoms with Crippen molar-refractivity contribution in [3.63, 3.8) is 0 Å². The van der Waals surface area contributed by atoms with Crippen LogP contribution in [0, 0.1) is 0 Å². The summed E-state index contributed by atoms with van der Waals surface area (Å²) in [4.78, 5) is 22.5. The molecule has 82 valence electrons. The smallest absolute Gasteiger partial charge is 0.366 e. The Labute approximate surface area is 87.3 Å². The quantitative estimate of drug-likeness (QED) is 0.391. The number of hydrogen-bond acceptors (Lipinski definition) is 5. The lowest BCUT2D eigenvalue weighted by atomic mass is 10.3. The second-order valence-corrected chi connectivity index (χ2v) is 2.77. The summed E-state index contributed by atoms with van der Waals surface area (Å²) in [6, 6.07) is 0. The van der Waals surface area contributed by atoms with Gasteiger partial charge in [0.1, 0.15) is 0 Å². The van der Waals surface area contributed by atoms with E-state index in [2.05, 4.69) is 14.2 Å². The molecule has 0 saturated heterocycles. The molecular weight excluding hydrogens is 212 g/mol. The Bertz CT molecular complexity index is 198. The van der Waals surface area contributed by atoms with E-state index >= 15 is 0 Å². The van der Waals surface area contributed by atoms with Gasteiger partial charge in [0.2, 0.25) is 0 Å². The minimum absolute atomic E-state index is 0.107. The van der Waals surface area contributed by atoms with Crippen LogP contribution in [-0.2, 0) is 23.8 Å². The van der Waals surface area contributed by atoms with Crippen LogP contribution in [0.15, 0.2) is 0 Å². The van der Waals surface area contributed by atoms with Crippen LogP contribution in [0.25, 0.3) is 0 Å². The van der Waals surface area contributed by atoms with Crippen molar-refractivity contribution < 1.29 is 23.8 Å². The Morgan fingerprint density at radius 1 is 1.14 bits per heavy atom. The average Bonchev–Trinajstić information content (AvgIpc) is 2.17. The normalized spacial score (nSPS) is 10.9. The molecule has 0 aromatic rings. The molecule has 0 spiro atoms. The molecule has 0 heterocycles. The minimum Gasteiger partial charge on any atom is -0.462 e. The highest BCUT2D eigenvalue weighted by Crippen LogP contribution is 2.20. The SMILES string of the molecule is CCOC(=O)C(Cl)(OC)C(=O)OCC. The zero-order chi connectivity index (χ0) is 11.2. The Hall–Kier alpha value is -0.810. The first kappa shape index (κ1) is 13.2. The summed E-state index contributed by atoms with van der Waals surface area (Å²) >= 11 is 5.61. The number of ether oxygens (including phenoxy) is 3. The van der Waals surface area contributed by atoms with Crippen molar-refractivity contribution in [2.75, 3.05) is 20.3 Å². The highest BCUT2D eigenvalue weighted by atomic mass is 35.5. The van der Waals surface area contributed by atoms with Gasteiger partial charge in [0.05, 0.1) is 13.2 Å². The Kier molecular flexibility index (Phi) is 5.49. The molecule has 6 heteroatoms. The highest BCUT2D eigenvalue weighted by molar-refractivity contribution is 6.43. The van der Waals surface area contributed by atoms with Crippen molar-refractivity contribution in [2.24, 2.45) is 0 Å². The minimum atomic E-state index is -2.19. The van der Waals surface area contributed by atoms with Crippen molar-refractivity contribution >= 4 is 23.5 Å². The van der Waals surface area contributed by atoms with Gasteiger partial charge in [-0.3, -0.25) is 0 Å². The molecular formula is C8H13ClO5. The summed E-state index contributed by atoms with van der Waals surface area (Å²) < 4.78 is 13.7. The van der Waals surface area contributed by atoms with E-state index in [4.69, 9.17) is 11.6 Å². The van der Waals surface area contributed by atoms with Crippen LogP contribution in [-0.4, -0.2) is 37.3 Å².